The van der Waals surface area contributed by atoms with Gasteiger partial charge in [0.15, 0.2) is 0 Å². The summed E-state index contributed by atoms with van der Waals surface area (Å²) in [5.41, 5.74) is 1.01. The van der Waals surface area contributed by atoms with Crippen LogP contribution in [0, 0.1) is 0 Å². The summed E-state index contributed by atoms with van der Waals surface area (Å²) in [5.74, 6) is -0.418. The molecule has 1 aromatic heterocycles. The molecule has 1 saturated heterocycles. The predicted molar refractivity (Wildman–Crippen MR) is 107 cm³/mol. The lowest BCUT2D eigenvalue weighted by Crippen LogP contribution is -2.37. The van der Waals surface area contributed by atoms with Gasteiger partial charge in [0.1, 0.15) is 5.75 Å². The number of nitrogens with one attached hydrogen (secondary N) is 1. The Kier molecular flexibility index (Phi) is 6.33. The Hall–Kier alpha value is -2.84. The first-order chi connectivity index (χ1) is 13.5. The molecule has 1 fully saturated rings. The largest absolute Gasteiger partial charge is 0.496 e. The number of ether oxygens (including phenoxy) is 1. The highest BCUT2D eigenvalue weighted by Gasteiger charge is 2.34. The van der Waals surface area contributed by atoms with Crippen molar-refractivity contribution in [3.05, 3.63) is 63.8 Å². The van der Waals surface area contributed by atoms with E-state index in [-0.39, 0.29) is 23.9 Å². The van der Waals surface area contributed by atoms with E-state index in [1.807, 2.05) is 0 Å². The van der Waals surface area contributed by atoms with Crippen LogP contribution in [0.5, 0.6) is 5.75 Å². The first-order valence-corrected chi connectivity index (χ1v) is 9.46. The number of amides is 3. The maximum Gasteiger partial charge on any atom is 0.293 e. The van der Waals surface area contributed by atoms with Crippen molar-refractivity contribution < 1.29 is 19.1 Å². The van der Waals surface area contributed by atoms with E-state index in [2.05, 4.69) is 10.3 Å². The Balaban J connectivity index is 1.61. The smallest absolute Gasteiger partial charge is 0.293 e. The van der Waals surface area contributed by atoms with Crippen molar-refractivity contribution in [3.63, 3.8) is 0 Å². The summed E-state index contributed by atoms with van der Waals surface area (Å²) in [6.07, 6.45) is 4.85. The summed E-state index contributed by atoms with van der Waals surface area (Å²) < 4.78 is 5.15. The lowest BCUT2D eigenvalue weighted by Gasteiger charge is -2.14. The topological polar surface area (TPSA) is 88.6 Å². The van der Waals surface area contributed by atoms with Gasteiger partial charge in [0.2, 0.25) is 0 Å². The molecule has 2 heterocycles. The van der Waals surface area contributed by atoms with Crippen LogP contribution in [0.15, 0.2) is 47.6 Å². The first kappa shape index (κ1) is 19.9. The maximum atomic E-state index is 12.5. The number of halogens is 1. The van der Waals surface area contributed by atoms with Gasteiger partial charge in [0.05, 0.1) is 17.6 Å². The Morgan fingerprint density at radius 3 is 2.89 bits per heavy atom. The molecule has 3 amide bonds. The molecule has 28 heavy (non-hydrogen) atoms. The minimum absolute atomic E-state index is 0.0592. The predicted octanol–water partition coefficient (Wildman–Crippen LogP) is 3.21. The highest BCUT2D eigenvalue weighted by Crippen LogP contribution is 2.31. The zero-order chi connectivity index (χ0) is 20.1. The third-order valence-electron chi connectivity index (χ3n) is 3.88. The zero-order valence-corrected chi connectivity index (χ0v) is 16.4. The highest BCUT2D eigenvalue weighted by atomic mass is 35.5. The van der Waals surface area contributed by atoms with Crippen molar-refractivity contribution in [2.45, 2.75) is 0 Å². The molecule has 1 N–H and O–H groups in total. The minimum Gasteiger partial charge on any atom is -0.496 e. The van der Waals surface area contributed by atoms with Crippen LogP contribution in [0.25, 0.3) is 6.08 Å². The van der Waals surface area contributed by atoms with Crippen molar-refractivity contribution in [2.75, 3.05) is 20.2 Å². The number of rotatable bonds is 6. The number of benzene rings is 1. The van der Waals surface area contributed by atoms with Gasteiger partial charge in [-0.15, -0.1) is 0 Å². The molecule has 0 radical (unpaired) electrons. The second-order valence-electron chi connectivity index (χ2n) is 5.72. The van der Waals surface area contributed by atoms with Gasteiger partial charge >= 0.3 is 0 Å². The number of thioether (sulfide) groups is 1. The lowest BCUT2D eigenvalue weighted by atomic mass is 10.2. The van der Waals surface area contributed by atoms with Crippen LogP contribution in [0.2, 0.25) is 5.02 Å². The molecule has 3 rings (SSSR count). The summed E-state index contributed by atoms with van der Waals surface area (Å²) >= 11 is 6.79. The molecular weight excluding hydrogens is 402 g/mol. The number of hydrogen-bond donors (Lipinski definition) is 1. The van der Waals surface area contributed by atoms with Crippen molar-refractivity contribution in [1.82, 2.24) is 15.2 Å². The molecule has 1 aliphatic rings. The van der Waals surface area contributed by atoms with Crippen LogP contribution >= 0.6 is 23.4 Å². The molecule has 2 aromatic rings. The fourth-order valence-electron chi connectivity index (χ4n) is 2.54. The van der Waals surface area contributed by atoms with E-state index in [1.165, 1.54) is 13.2 Å². The van der Waals surface area contributed by atoms with E-state index in [0.29, 0.717) is 15.7 Å². The second-order valence-corrected chi connectivity index (χ2v) is 7.15. The van der Waals surface area contributed by atoms with Gasteiger partial charge in [0.25, 0.3) is 17.1 Å². The van der Waals surface area contributed by atoms with E-state index in [0.717, 1.165) is 22.2 Å². The Morgan fingerprint density at radius 1 is 1.36 bits per heavy atom. The summed E-state index contributed by atoms with van der Waals surface area (Å²) in [4.78, 5) is 42.3. The van der Waals surface area contributed by atoms with Crippen molar-refractivity contribution in [2.24, 2.45) is 0 Å². The van der Waals surface area contributed by atoms with Gasteiger partial charge in [0, 0.05) is 30.5 Å². The van der Waals surface area contributed by atoms with Crippen molar-refractivity contribution >= 4 is 46.5 Å². The van der Waals surface area contributed by atoms with Crippen LogP contribution in [-0.2, 0) is 4.79 Å². The van der Waals surface area contributed by atoms with Gasteiger partial charge in [-0.05, 0) is 47.7 Å². The number of aromatic nitrogens is 1. The number of imide groups is 1. The number of carbonyl (C=O) groups excluding carboxylic acids is 3. The summed E-state index contributed by atoms with van der Waals surface area (Å²) in [5, 5.41) is 2.69. The number of nitrogens with zero attached hydrogens (tertiary/aromatic N) is 2. The van der Waals surface area contributed by atoms with Gasteiger partial charge in [-0.25, -0.2) is 0 Å². The van der Waals surface area contributed by atoms with Gasteiger partial charge in [-0.2, -0.15) is 0 Å². The van der Waals surface area contributed by atoms with E-state index >= 15 is 0 Å². The average Bonchev–Trinajstić information content (AvgIpc) is 2.96. The normalized spacial score (nSPS) is 15.2. The van der Waals surface area contributed by atoms with Crippen molar-refractivity contribution in [1.29, 1.82) is 0 Å². The fraction of sp³-hybridized carbons (Fsp3) is 0.158. The van der Waals surface area contributed by atoms with E-state index in [4.69, 9.17) is 16.3 Å². The molecule has 0 aliphatic carbocycles. The summed E-state index contributed by atoms with van der Waals surface area (Å²) in [6.45, 7) is 0.163. The lowest BCUT2D eigenvalue weighted by molar-refractivity contribution is -0.122. The highest BCUT2D eigenvalue weighted by molar-refractivity contribution is 8.18. The molecule has 144 valence electrons. The third-order valence-corrected chi connectivity index (χ3v) is 5.03. The molecule has 0 spiro atoms. The molecule has 0 atom stereocenters. The number of carbonyl (C=O) groups is 3. The molecule has 9 heteroatoms. The minimum atomic E-state index is -0.405. The fourth-order valence-corrected chi connectivity index (χ4v) is 3.58. The zero-order valence-electron chi connectivity index (χ0n) is 14.8. The van der Waals surface area contributed by atoms with Crippen LogP contribution in [-0.4, -0.2) is 47.1 Å². The quantitative estimate of drug-likeness (QED) is 0.726. The van der Waals surface area contributed by atoms with Crippen LogP contribution in [0.1, 0.15) is 15.9 Å². The van der Waals surface area contributed by atoms with E-state index in [9.17, 15) is 14.4 Å². The number of hydrogen-bond acceptors (Lipinski definition) is 6. The molecule has 0 bridgehead atoms. The van der Waals surface area contributed by atoms with Gasteiger partial charge in [-0.3, -0.25) is 24.3 Å². The monoisotopic (exact) mass is 417 g/mol. The second kappa shape index (κ2) is 8.90. The molecule has 1 aliphatic heterocycles. The Bertz CT molecular complexity index is 949. The molecule has 0 saturated carbocycles. The molecule has 0 unspecified atom stereocenters. The maximum absolute atomic E-state index is 12.5. The van der Waals surface area contributed by atoms with Gasteiger partial charge in [-0.1, -0.05) is 17.7 Å². The number of pyridine rings is 1. The standard InChI is InChI=1S/C19H16ClN3O4S/c1-27-15-5-4-13(20)10-14(15)17(24)22-7-8-23-18(25)16(28-19(23)26)9-12-3-2-6-21-11-12/h2-6,9-11H,7-8H2,1H3,(H,22,24)/b16-9+. The third kappa shape index (κ3) is 4.52. The van der Waals surface area contributed by atoms with Crippen LogP contribution in [0.3, 0.4) is 0 Å². The molecule has 7 nitrogen and oxygen atoms in total. The Labute approximate surface area is 170 Å². The summed E-state index contributed by atoms with van der Waals surface area (Å²) in [7, 11) is 1.45. The van der Waals surface area contributed by atoms with Crippen LogP contribution < -0.4 is 10.1 Å². The number of methoxy groups -OCH3 is 1. The average molecular weight is 418 g/mol. The molecular formula is C19H16ClN3O4S. The van der Waals surface area contributed by atoms with E-state index < -0.39 is 11.8 Å². The summed E-state index contributed by atoms with van der Waals surface area (Å²) in [6, 6.07) is 8.24. The molecule has 1 aromatic carbocycles. The SMILES string of the molecule is COc1ccc(Cl)cc1C(=O)NCCN1C(=O)S/C(=C/c2cccnc2)C1=O. The first-order valence-electron chi connectivity index (χ1n) is 8.26. The van der Waals surface area contributed by atoms with Crippen molar-refractivity contribution in [3.8, 4) is 5.75 Å². The van der Waals surface area contributed by atoms with Gasteiger partial charge < -0.3 is 10.1 Å². The van der Waals surface area contributed by atoms with Crippen LogP contribution in [0.4, 0.5) is 4.79 Å². The Morgan fingerprint density at radius 2 is 2.18 bits per heavy atom. The van der Waals surface area contributed by atoms with E-state index in [1.54, 1.807) is 42.7 Å².